The summed E-state index contributed by atoms with van der Waals surface area (Å²) < 4.78 is 102. The molecule has 13 heteroatoms. The Kier molecular flexibility index (Phi) is 7.42. The first-order valence-corrected chi connectivity index (χ1v) is 11.1. The Morgan fingerprint density at radius 1 is 0.971 bits per heavy atom. The van der Waals surface area contributed by atoms with Gasteiger partial charge in [0.25, 0.3) is 0 Å². The third-order valence-electron chi connectivity index (χ3n) is 5.78. The van der Waals surface area contributed by atoms with Crippen molar-refractivity contribution in [3.05, 3.63) is 47.8 Å². The lowest BCUT2D eigenvalue weighted by atomic mass is 9.85. The van der Waals surface area contributed by atoms with Crippen molar-refractivity contribution in [1.29, 1.82) is 0 Å². The first-order chi connectivity index (χ1) is 15.0. The quantitative estimate of drug-likeness (QED) is 0.531. The summed E-state index contributed by atoms with van der Waals surface area (Å²) in [6.45, 7) is 2.62. The summed E-state index contributed by atoms with van der Waals surface area (Å²) in [4.78, 5) is 20.4. The molecule has 188 valence electrons. The Morgan fingerprint density at radius 3 is 2.03 bits per heavy atom. The summed E-state index contributed by atoms with van der Waals surface area (Å²) in [5, 5.41) is 0. The van der Waals surface area contributed by atoms with E-state index in [1.165, 1.54) is 13.8 Å². The van der Waals surface area contributed by atoms with E-state index in [0.29, 0.717) is 18.5 Å². The van der Waals surface area contributed by atoms with E-state index in [1.807, 2.05) is 0 Å². The maximum Gasteiger partial charge on any atom is 0.419 e. The number of sulfone groups is 1. The monoisotopic (exact) mass is 511 g/mol. The van der Waals surface area contributed by atoms with Gasteiger partial charge in [0, 0.05) is 25.4 Å². The molecule has 34 heavy (non-hydrogen) atoms. The molecule has 1 aromatic heterocycles. The molecule has 1 aliphatic rings. The van der Waals surface area contributed by atoms with Gasteiger partial charge in [0.2, 0.25) is 11.9 Å². The zero-order valence-electron chi connectivity index (χ0n) is 17.4. The second-order valence-corrected chi connectivity index (χ2v) is 10.7. The van der Waals surface area contributed by atoms with Gasteiger partial charge in [-0.05, 0) is 44.4 Å². The van der Waals surface area contributed by atoms with E-state index in [0.717, 1.165) is 23.1 Å². The smallest absolute Gasteiger partial charge is 0.281 e. The number of hydrogen-bond acceptors (Lipinski definition) is 5. The number of aromatic nitrogens is 2. The van der Waals surface area contributed by atoms with Crippen LogP contribution in [0.15, 0.2) is 41.6 Å². The highest BCUT2D eigenvalue weighted by Crippen LogP contribution is 2.40. The highest BCUT2D eigenvalue weighted by molar-refractivity contribution is 7.92. The van der Waals surface area contributed by atoms with Crippen LogP contribution in [-0.4, -0.2) is 35.6 Å². The van der Waals surface area contributed by atoms with Gasteiger partial charge >= 0.3 is 12.4 Å². The number of amides is 1. The van der Waals surface area contributed by atoms with Gasteiger partial charge in [-0.2, -0.15) is 26.3 Å². The lowest BCUT2D eigenvalue weighted by Crippen LogP contribution is -2.49. The number of piperidine rings is 1. The second-order valence-electron chi connectivity index (χ2n) is 8.14. The number of anilines is 1. The summed E-state index contributed by atoms with van der Waals surface area (Å²) in [6, 6.07) is 3.39. The van der Waals surface area contributed by atoms with Gasteiger partial charge < -0.3 is 0 Å². The van der Waals surface area contributed by atoms with E-state index in [1.54, 1.807) is 0 Å². The molecule has 3 rings (SSSR count). The van der Waals surface area contributed by atoms with Crippen molar-refractivity contribution in [3.63, 3.8) is 0 Å². The predicted octanol–water partition coefficient (Wildman–Crippen LogP) is 5.15. The van der Waals surface area contributed by atoms with Crippen molar-refractivity contribution < 1.29 is 39.6 Å². The molecular weight excluding hydrogens is 488 g/mol. The third kappa shape index (κ3) is 5.18. The van der Waals surface area contributed by atoms with E-state index in [4.69, 9.17) is 0 Å². The molecular formula is C21H23F6N3O3S. The Bertz CT molecular complexity index is 1150. The van der Waals surface area contributed by atoms with Crippen molar-refractivity contribution in [3.8, 4) is 0 Å². The van der Waals surface area contributed by atoms with Gasteiger partial charge in [0.1, 0.15) is 0 Å². The zero-order valence-corrected chi connectivity index (χ0v) is 18.2. The van der Waals surface area contributed by atoms with Crippen LogP contribution < -0.4 is 4.90 Å². The molecule has 0 saturated carbocycles. The molecule has 1 atom stereocenters. The van der Waals surface area contributed by atoms with E-state index in [2.05, 4.69) is 9.97 Å². The molecule has 2 aromatic rings. The van der Waals surface area contributed by atoms with Crippen LogP contribution in [0.25, 0.3) is 0 Å². The topological polar surface area (TPSA) is 80.2 Å². The minimum atomic E-state index is -4.72. The lowest BCUT2D eigenvalue weighted by Gasteiger charge is -2.39. The van der Waals surface area contributed by atoms with E-state index < -0.39 is 54.8 Å². The van der Waals surface area contributed by atoms with E-state index in [9.17, 15) is 39.6 Å². The Labute approximate surface area is 192 Å². The molecule has 0 aliphatic carbocycles. The zero-order chi connectivity index (χ0) is 24.8. The molecule has 2 heterocycles. The van der Waals surface area contributed by atoms with E-state index >= 15 is 0 Å². The molecule has 0 unspecified atom stereocenters. The van der Waals surface area contributed by atoms with Crippen LogP contribution in [0.5, 0.6) is 0 Å². The van der Waals surface area contributed by atoms with Gasteiger partial charge in [-0.15, -0.1) is 0 Å². The van der Waals surface area contributed by atoms with Crippen LogP contribution in [0.1, 0.15) is 45.2 Å². The molecule has 1 aromatic carbocycles. The SMILES string of the molecule is C.CC(C)([C@H]1CCN(c2ncc(C(F)(F)F)cn2)C(=O)C1)S(=O)(=O)c1cccc(C(F)(F)F)c1. The summed E-state index contributed by atoms with van der Waals surface area (Å²) in [7, 11) is -4.28. The Morgan fingerprint density at radius 2 is 1.53 bits per heavy atom. The third-order valence-corrected chi connectivity index (χ3v) is 8.37. The maximum absolute atomic E-state index is 13.2. The van der Waals surface area contributed by atoms with Crippen molar-refractivity contribution in [1.82, 2.24) is 9.97 Å². The number of alkyl halides is 6. The van der Waals surface area contributed by atoms with Crippen molar-refractivity contribution in [2.45, 2.75) is 56.1 Å². The fraction of sp³-hybridized carbons (Fsp3) is 0.476. The standard InChI is InChI=1S/C20H19F6N3O3S.CH4/c1-18(2,33(31,32)15-5-3-4-13(8-15)19(21,22)23)12-6-7-29(16(30)9-12)17-27-10-14(11-28-17)20(24,25)26;/h3-5,8,10-12H,6-7,9H2,1-2H3;1H4/t12-;/m0./s1. The van der Waals surface area contributed by atoms with Crippen LogP contribution in [0, 0.1) is 5.92 Å². The fourth-order valence-corrected chi connectivity index (χ4v) is 5.39. The van der Waals surface area contributed by atoms with Crippen LogP contribution >= 0.6 is 0 Å². The molecule has 0 N–H and O–H groups in total. The van der Waals surface area contributed by atoms with Crippen LogP contribution in [0.3, 0.4) is 0 Å². The number of carbonyl (C=O) groups is 1. The number of benzene rings is 1. The summed E-state index contributed by atoms with van der Waals surface area (Å²) >= 11 is 0. The minimum absolute atomic E-state index is 0. The van der Waals surface area contributed by atoms with Crippen molar-refractivity contribution in [2.75, 3.05) is 11.4 Å². The van der Waals surface area contributed by atoms with Gasteiger partial charge in [-0.1, -0.05) is 13.5 Å². The predicted molar refractivity (Wildman–Crippen MR) is 112 cm³/mol. The average Bonchev–Trinajstić information content (AvgIpc) is 2.72. The Balaban J connectivity index is 0.00000408. The Hall–Kier alpha value is -2.70. The van der Waals surface area contributed by atoms with Gasteiger partial charge in [0.05, 0.1) is 20.8 Å². The highest BCUT2D eigenvalue weighted by atomic mass is 32.2. The summed E-state index contributed by atoms with van der Waals surface area (Å²) in [5.74, 6) is -1.60. The van der Waals surface area contributed by atoms with E-state index in [-0.39, 0.29) is 32.8 Å². The summed E-state index contributed by atoms with van der Waals surface area (Å²) in [6.07, 6.45) is -8.44. The maximum atomic E-state index is 13.2. The first-order valence-electron chi connectivity index (χ1n) is 9.66. The summed E-state index contributed by atoms with van der Waals surface area (Å²) in [5.41, 5.74) is -2.19. The number of hydrogen-bond donors (Lipinski definition) is 0. The molecule has 0 bridgehead atoms. The molecule has 0 spiro atoms. The second kappa shape index (κ2) is 9.16. The first kappa shape index (κ1) is 27.5. The molecule has 1 fully saturated rings. The average molecular weight is 511 g/mol. The van der Waals surface area contributed by atoms with Crippen molar-refractivity contribution >= 4 is 21.7 Å². The number of rotatable bonds is 4. The molecule has 1 saturated heterocycles. The van der Waals surface area contributed by atoms with Crippen molar-refractivity contribution in [2.24, 2.45) is 5.92 Å². The van der Waals surface area contributed by atoms with Gasteiger partial charge in [-0.3, -0.25) is 9.69 Å². The number of halogens is 6. The van der Waals surface area contributed by atoms with Crippen LogP contribution in [0.4, 0.5) is 32.3 Å². The molecule has 6 nitrogen and oxygen atoms in total. The lowest BCUT2D eigenvalue weighted by molar-refractivity contribution is -0.138. The van der Waals surface area contributed by atoms with Gasteiger partial charge in [0.15, 0.2) is 9.84 Å². The van der Waals surface area contributed by atoms with Crippen LogP contribution in [-0.2, 0) is 27.0 Å². The largest absolute Gasteiger partial charge is 0.419 e. The fourth-order valence-electron chi connectivity index (χ4n) is 3.61. The van der Waals surface area contributed by atoms with Gasteiger partial charge in [-0.25, -0.2) is 18.4 Å². The molecule has 1 amide bonds. The number of nitrogens with zero attached hydrogens (tertiary/aromatic N) is 3. The molecule has 1 aliphatic heterocycles. The number of carbonyl (C=O) groups excluding carboxylic acids is 1. The van der Waals surface area contributed by atoms with Crippen LogP contribution in [0.2, 0.25) is 0 Å². The highest BCUT2D eigenvalue weighted by Gasteiger charge is 2.46. The minimum Gasteiger partial charge on any atom is -0.281 e. The molecule has 0 radical (unpaired) electrons. The normalized spacial score (nSPS) is 17.9.